The maximum Gasteiger partial charge on any atom is 0.131 e. The lowest BCUT2D eigenvalue weighted by Crippen LogP contribution is -2.00. The van der Waals surface area contributed by atoms with Crippen LogP contribution in [0, 0.1) is 5.82 Å². The van der Waals surface area contributed by atoms with E-state index in [0.717, 1.165) is 21.3 Å². The molecule has 0 spiro atoms. The number of nitrogens with two attached hydrogens (primary N) is 1. The van der Waals surface area contributed by atoms with Gasteiger partial charge in [-0.05, 0) is 35.9 Å². The molecule has 4 heteroatoms. The lowest BCUT2D eigenvalue weighted by atomic mass is 10.0. The van der Waals surface area contributed by atoms with Gasteiger partial charge in [-0.15, -0.1) is 0 Å². The Labute approximate surface area is 114 Å². The lowest BCUT2D eigenvalue weighted by Gasteiger charge is -2.10. The molecule has 0 aliphatic carbocycles. The van der Waals surface area contributed by atoms with Crippen molar-refractivity contribution in [2.24, 2.45) is 5.73 Å². The first-order chi connectivity index (χ1) is 8.65. The van der Waals surface area contributed by atoms with E-state index in [-0.39, 0.29) is 5.82 Å². The van der Waals surface area contributed by atoms with E-state index in [4.69, 9.17) is 10.5 Å². The molecule has 0 fully saturated rings. The predicted octanol–water partition coefficient (Wildman–Crippen LogP) is 3.72. The number of hydrogen-bond donors (Lipinski definition) is 1. The Kier molecular flexibility index (Phi) is 3.99. The van der Waals surface area contributed by atoms with E-state index < -0.39 is 0 Å². The van der Waals surface area contributed by atoms with Crippen LogP contribution in [-0.4, -0.2) is 7.11 Å². The Hall–Kier alpha value is -1.39. The van der Waals surface area contributed by atoms with Gasteiger partial charge in [-0.1, -0.05) is 22.0 Å². The highest BCUT2D eigenvalue weighted by molar-refractivity contribution is 9.10. The fourth-order valence-corrected chi connectivity index (χ4v) is 2.19. The van der Waals surface area contributed by atoms with E-state index in [9.17, 15) is 4.39 Å². The topological polar surface area (TPSA) is 35.2 Å². The van der Waals surface area contributed by atoms with Gasteiger partial charge in [0.1, 0.15) is 11.6 Å². The number of benzene rings is 2. The fourth-order valence-electron chi connectivity index (χ4n) is 1.82. The van der Waals surface area contributed by atoms with Gasteiger partial charge in [-0.2, -0.15) is 0 Å². The number of methoxy groups -OCH3 is 1. The SMILES string of the molecule is COc1ccc(-c2cc(Br)ccc2F)cc1CN. The maximum atomic E-state index is 13.8. The van der Waals surface area contributed by atoms with Crippen molar-refractivity contribution in [3.63, 3.8) is 0 Å². The van der Waals surface area contributed by atoms with Crippen molar-refractivity contribution in [1.29, 1.82) is 0 Å². The van der Waals surface area contributed by atoms with Crippen LogP contribution in [0.2, 0.25) is 0 Å². The van der Waals surface area contributed by atoms with Gasteiger partial charge in [0.25, 0.3) is 0 Å². The quantitative estimate of drug-likeness (QED) is 0.937. The third-order valence-electron chi connectivity index (χ3n) is 2.74. The molecule has 2 aromatic rings. The zero-order valence-corrected chi connectivity index (χ0v) is 11.5. The van der Waals surface area contributed by atoms with E-state index in [2.05, 4.69) is 15.9 Å². The second kappa shape index (κ2) is 5.50. The predicted molar refractivity (Wildman–Crippen MR) is 74.0 cm³/mol. The summed E-state index contributed by atoms with van der Waals surface area (Å²) in [4.78, 5) is 0. The second-order valence-electron chi connectivity index (χ2n) is 3.85. The van der Waals surface area contributed by atoms with Crippen LogP contribution in [0.4, 0.5) is 4.39 Å². The Morgan fingerprint density at radius 2 is 2.00 bits per heavy atom. The van der Waals surface area contributed by atoms with Gasteiger partial charge in [-0.25, -0.2) is 4.39 Å². The molecule has 0 bridgehead atoms. The standard InChI is InChI=1S/C14H13BrFNO/c1-18-14-5-2-9(6-10(14)8-17)12-7-11(15)3-4-13(12)16/h2-7H,8,17H2,1H3. The lowest BCUT2D eigenvalue weighted by molar-refractivity contribution is 0.410. The van der Waals surface area contributed by atoms with Gasteiger partial charge >= 0.3 is 0 Å². The Morgan fingerprint density at radius 1 is 1.22 bits per heavy atom. The average Bonchev–Trinajstić information content (AvgIpc) is 2.40. The van der Waals surface area contributed by atoms with E-state index in [1.807, 2.05) is 12.1 Å². The molecule has 0 saturated heterocycles. The first kappa shape index (κ1) is 13.1. The van der Waals surface area contributed by atoms with E-state index in [0.29, 0.717) is 12.1 Å². The van der Waals surface area contributed by atoms with Crippen LogP contribution in [0.15, 0.2) is 40.9 Å². The summed E-state index contributed by atoms with van der Waals surface area (Å²) in [6.45, 7) is 0.354. The van der Waals surface area contributed by atoms with Crippen LogP contribution in [-0.2, 0) is 6.54 Å². The Bertz CT molecular complexity index is 572. The Morgan fingerprint density at radius 3 is 2.67 bits per heavy atom. The second-order valence-corrected chi connectivity index (χ2v) is 4.77. The molecule has 0 aromatic heterocycles. The minimum absolute atomic E-state index is 0.258. The molecule has 2 nitrogen and oxygen atoms in total. The molecule has 94 valence electrons. The van der Waals surface area contributed by atoms with Gasteiger partial charge in [0.2, 0.25) is 0 Å². The average molecular weight is 310 g/mol. The van der Waals surface area contributed by atoms with Gasteiger partial charge in [-0.3, -0.25) is 0 Å². The minimum atomic E-state index is -0.258. The molecule has 0 heterocycles. The summed E-state index contributed by atoms with van der Waals surface area (Å²) in [6.07, 6.45) is 0. The Balaban J connectivity index is 2.54. The molecule has 0 atom stereocenters. The van der Waals surface area contributed by atoms with Crippen LogP contribution in [0.5, 0.6) is 5.75 Å². The summed E-state index contributed by atoms with van der Waals surface area (Å²) in [5.74, 6) is 0.461. The summed E-state index contributed by atoms with van der Waals surface area (Å²) in [5, 5.41) is 0. The third-order valence-corrected chi connectivity index (χ3v) is 3.23. The van der Waals surface area contributed by atoms with Crippen molar-refractivity contribution in [3.8, 4) is 16.9 Å². The number of halogens is 2. The largest absolute Gasteiger partial charge is 0.496 e. The van der Waals surface area contributed by atoms with Gasteiger partial charge in [0.05, 0.1) is 7.11 Å². The van der Waals surface area contributed by atoms with Crippen molar-refractivity contribution in [2.45, 2.75) is 6.54 Å². The van der Waals surface area contributed by atoms with Crippen molar-refractivity contribution in [2.75, 3.05) is 7.11 Å². The van der Waals surface area contributed by atoms with E-state index in [1.54, 1.807) is 25.3 Å². The number of rotatable bonds is 3. The van der Waals surface area contributed by atoms with Crippen LogP contribution in [0.25, 0.3) is 11.1 Å². The highest BCUT2D eigenvalue weighted by Crippen LogP contribution is 2.30. The van der Waals surface area contributed by atoms with Crippen LogP contribution in [0.3, 0.4) is 0 Å². The molecule has 0 unspecified atom stereocenters. The fraction of sp³-hybridized carbons (Fsp3) is 0.143. The maximum absolute atomic E-state index is 13.8. The molecule has 0 amide bonds. The first-order valence-corrected chi connectivity index (χ1v) is 6.27. The summed E-state index contributed by atoms with van der Waals surface area (Å²) in [5.41, 5.74) is 7.84. The van der Waals surface area contributed by atoms with E-state index >= 15 is 0 Å². The molecule has 2 aromatic carbocycles. The summed E-state index contributed by atoms with van der Waals surface area (Å²) >= 11 is 3.34. The highest BCUT2D eigenvalue weighted by atomic mass is 79.9. The van der Waals surface area contributed by atoms with Gasteiger partial charge in [0, 0.05) is 22.1 Å². The van der Waals surface area contributed by atoms with Crippen molar-refractivity contribution >= 4 is 15.9 Å². The minimum Gasteiger partial charge on any atom is -0.496 e. The molecule has 2 rings (SSSR count). The molecule has 2 N–H and O–H groups in total. The van der Waals surface area contributed by atoms with Crippen LogP contribution < -0.4 is 10.5 Å². The number of ether oxygens (including phenoxy) is 1. The third kappa shape index (κ3) is 2.54. The first-order valence-electron chi connectivity index (χ1n) is 5.48. The number of hydrogen-bond acceptors (Lipinski definition) is 2. The molecule has 0 radical (unpaired) electrons. The van der Waals surface area contributed by atoms with Gasteiger partial charge < -0.3 is 10.5 Å². The zero-order chi connectivity index (χ0) is 13.1. The van der Waals surface area contributed by atoms with Crippen LogP contribution >= 0.6 is 15.9 Å². The molecular weight excluding hydrogens is 297 g/mol. The summed E-state index contributed by atoms with van der Waals surface area (Å²) in [6, 6.07) is 10.3. The molecule has 0 saturated carbocycles. The highest BCUT2D eigenvalue weighted by Gasteiger charge is 2.09. The normalized spacial score (nSPS) is 10.4. The summed E-state index contributed by atoms with van der Waals surface area (Å²) < 4.78 is 19.8. The van der Waals surface area contributed by atoms with E-state index in [1.165, 1.54) is 6.07 Å². The van der Waals surface area contributed by atoms with Crippen molar-refractivity contribution in [1.82, 2.24) is 0 Å². The van der Waals surface area contributed by atoms with Crippen molar-refractivity contribution < 1.29 is 9.13 Å². The summed E-state index contributed by atoms with van der Waals surface area (Å²) in [7, 11) is 1.59. The van der Waals surface area contributed by atoms with Crippen LogP contribution in [0.1, 0.15) is 5.56 Å². The molecule has 0 aliphatic heterocycles. The zero-order valence-electron chi connectivity index (χ0n) is 9.91. The molecule has 0 aliphatic rings. The molecule has 18 heavy (non-hydrogen) atoms. The molecular formula is C14H13BrFNO. The monoisotopic (exact) mass is 309 g/mol. The van der Waals surface area contributed by atoms with Crippen molar-refractivity contribution in [3.05, 3.63) is 52.3 Å². The smallest absolute Gasteiger partial charge is 0.131 e. The van der Waals surface area contributed by atoms with Gasteiger partial charge in [0.15, 0.2) is 0 Å².